The average Bonchev–Trinajstić information content (AvgIpc) is 2.96. The fourth-order valence-corrected chi connectivity index (χ4v) is 3.93. The van der Waals surface area contributed by atoms with Gasteiger partial charge in [0.05, 0.1) is 4.90 Å². The third kappa shape index (κ3) is 6.18. The number of hydrogen-bond acceptors (Lipinski definition) is 5. The summed E-state index contributed by atoms with van der Waals surface area (Å²) >= 11 is 1.19. The second-order valence-electron chi connectivity index (χ2n) is 5.36. The van der Waals surface area contributed by atoms with Crippen molar-refractivity contribution in [2.24, 2.45) is 0 Å². The zero-order chi connectivity index (χ0) is 19.4. The molecule has 0 aliphatic carbocycles. The monoisotopic (exact) mass is 411 g/mol. The molecule has 1 aromatic rings. The van der Waals surface area contributed by atoms with Gasteiger partial charge in [0.2, 0.25) is 15.9 Å². The topological polar surface area (TPSA) is 95.6 Å². The number of nitrogens with zero attached hydrogens (tertiary/aromatic N) is 1. The van der Waals surface area contributed by atoms with Crippen molar-refractivity contribution in [2.45, 2.75) is 17.5 Å². The van der Waals surface area contributed by atoms with E-state index in [0.717, 1.165) is 12.1 Å². The van der Waals surface area contributed by atoms with Gasteiger partial charge in [0.1, 0.15) is 6.54 Å². The van der Waals surface area contributed by atoms with Crippen LogP contribution in [0.4, 0.5) is 23.7 Å². The molecule has 1 aliphatic heterocycles. The summed E-state index contributed by atoms with van der Waals surface area (Å²) in [5.41, 5.74) is 0.298. The highest BCUT2D eigenvalue weighted by Crippen LogP contribution is 2.19. The van der Waals surface area contributed by atoms with Crippen molar-refractivity contribution in [3.05, 3.63) is 24.3 Å². The summed E-state index contributed by atoms with van der Waals surface area (Å²) in [6, 6.07) is 4.73. The van der Waals surface area contributed by atoms with Crippen LogP contribution in [0.25, 0.3) is 0 Å². The molecule has 2 N–H and O–H groups in total. The number of carbonyl (C=O) groups excluding carboxylic acids is 2. The van der Waals surface area contributed by atoms with Crippen LogP contribution < -0.4 is 10.0 Å². The van der Waals surface area contributed by atoms with Crippen molar-refractivity contribution >= 4 is 38.6 Å². The summed E-state index contributed by atoms with van der Waals surface area (Å²) in [6.45, 7) is -0.791. The Bertz CT molecular complexity index is 767. The van der Waals surface area contributed by atoms with Crippen LogP contribution in [0.2, 0.25) is 0 Å². The molecule has 7 nitrogen and oxygen atoms in total. The molecule has 0 radical (unpaired) electrons. The molecule has 1 aliphatic rings. The van der Waals surface area contributed by atoms with Crippen molar-refractivity contribution in [1.82, 2.24) is 9.62 Å². The molecule has 1 fully saturated rings. The molecule has 0 bridgehead atoms. The number of sulfonamides is 1. The SMILES string of the molecule is O=C(CCN1CCSC1=O)Nc1ccc(S(=O)(=O)NCC(F)(F)F)cc1. The van der Waals surface area contributed by atoms with E-state index in [1.807, 2.05) is 0 Å². The molecular weight excluding hydrogens is 395 g/mol. The predicted molar refractivity (Wildman–Crippen MR) is 90.4 cm³/mol. The minimum Gasteiger partial charge on any atom is -0.332 e. The van der Waals surface area contributed by atoms with E-state index in [4.69, 9.17) is 0 Å². The highest BCUT2D eigenvalue weighted by atomic mass is 32.2. The maximum absolute atomic E-state index is 12.1. The lowest BCUT2D eigenvalue weighted by molar-refractivity contribution is -0.121. The van der Waals surface area contributed by atoms with Gasteiger partial charge in [-0.1, -0.05) is 11.8 Å². The zero-order valence-corrected chi connectivity index (χ0v) is 15.0. The summed E-state index contributed by atoms with van der Waals surface area (Å²) in [5.74, 6) is 0.333. The number of hydrogen-bond donors (Lipinski definition) is 2. The lowest BCUT2D eigenvalue weighted by Gasteiger charge is -2.14. The second-order valence-corrected chi connectivity index (χ2v) is 8.18. The molecule has 0 atom stereocenters. The number of anilines is 1. The molecule has 26 heavy (non-hydrogen) atoms. The first-order valence-electron chi connectivity index (χ1n) is 7.45. The smallest absolute Gasteiger partial charge is 0.332 e. The molecule has 2 rings (SSSR count). The second kappa shape index (κ2) is 8.27. The van der Waals surface area contributed by atoms with Crippen LogP contribution in [0.1, 0.15) is 6.42 Å². The molecule has 0 aromatic heterocycles. The summed E-state index contributed by atoms with van der Waals surface area (Å²) < 4.78 is 61.3. The maximum Gasteiger partial charge on any atom is 0.402 e. The van der Waals surface area contributed by atoms with Gasteiger partial charge < -0.3 is 10.2 Å². The van der Waals surface area contributed by atoms with Crippen LogP contribution >= 0.6 is 11.8 Å². The third-order valence-corrected chi connectivity index (χ3v) is 5.67. The quantitative estimate of drug-likeness (QED) is 0.716. The largest absolute Gasteiger partial charge is 0.402 e. The van der Waals surface area contributed by atoms with Gasteiger partial charge in [-0.25, -0.2) is 13.1 Å². The van der Waals surface area contributed by atoms with Crippen molar-refractivity contribution in [3.63, 3.8) is 0 Å². The number of amides is 2. The van der Waals surface area contributed by atoms with E-state index >= 15 is 0 Å². The number of benzene rings is 1. The first-order chi connectivity index (χ1) is 12.1. The zero-order valence-electron chi connectivity index (χ0n) is 13.4. The van der Waals surface area contributed by atoms with Crippen molar-refractivity contribution in [2.75, 3.05) is 30.7 Å². The highest BCUT2D eigenvalue weighted by molar-refractivity contribution is 8.13. The number of alkyl halides is 3. The fraction of sp³-hybridized carbons (Fsp3) is 0.429. The van der Waals surface area contributed by atoms with Gasteiger partial charge >= 0.3 is 6.18 Å². The minimum atomic E-state index is -4.66. The molecule has 2 amide bonds. The van der Waals surface area contributed by atoms with Gasteiger partial charge in [-0.2, -0.15) is 13.2 Å². The Morgan fingerprint density at radius 3 is 2.42 bits per heavy atom. The van der Waals surface area contributed by atoms with Gasteiger partial charge in [0.25, 0.3) is 5.24 Å². The normalized spacial score (nSPS) is 15.3. The first kappa shape index (κ1) is 20.5. The fourth-order valence-electron chi connectivity index (χ4n) is 2.07. The Morgan fingerprint density at radius 1 is 1.23 bits per heavy atom. The van der Waals surface area contributed by atoms with E-state index < -0.39 is 22.7 Å². The molecule has 0 unspecified atom stereocenters. The van der Waals surface area contributed by atoms with Gasteiger partial charge in [0.15, 0.2) is 0 Å². The van der Waals surface area contributed by atoms with Crippen LogP contribution in [-0.4, -0.2) is 56.0 Å². The Kier molecular flexibility index (Phi) is 6.53. The maximum atomic E-state index is 12.1. The number of rotatable bonds is 7. The van der Waals surface area contributed by atoms with Crippen LogP contribution in [0.5, 0.6) is 0 Å². The molecule has 1 heterocycles. The molecule has 0 spiro atoms. The first-order valence-corrected chi connectivity index (χ1v) is 9.92. The summed E-state index contributed by atoms with van der Waals surface area (Å²) in [4.78, 5) is 24.5. The number of thioether (sulfide) groups is 1. The van der Waals surface area contributed by atoms with Crippen LogP contribution in [-0.2, 0) is 14.8 Å². The Balaban J connectivity index is 1.88. The summed E-state index contributed by atoms with van der Waals surface area (Å²) in [5, 5.41) is 2.47. The molecule has 0 saturated carbocycles. The van der Waals surface area contributed by atoms with Gasteiger partial charge in [0, 0.05) is 31.0 Å². The molecular formula is C14H16F3N3O4S2. The van der Waals surface area contributed by atoms with Crippen molar-refractivity contribution in [3.8, 4) is 0 Å². The van der Waals surface area contributed by atoms with Crippen LogP contribution in [0.3, 0.4) is 0 Å². The number of nitrogens with one attached hydrogen (secondary N) is 2. The number of carbonyl (C=O) groups is 2. The Labute approximate surface area is 152 Å². The van der Waals surface area contributed by atoms with Gasteiger partial charge in [-0.3, -0.25) is 9.59 Å². The van der Waals surface area contributed by atoms with E-state index in [9.17, 15) is 31.2 Å². The van der Waals surface area contributed by atoms with Crippen LogP contribution in [0.15, 0.2) is 29.2 Å². The lowest BCUT2D eigenvalue weighted by atomic mass is 10.3. The van der Waals surface area contributed by atoms with E-state index in [2.05, 4.69) is 5.32 Å². The predicted octanol–water partition coefficient (Wildman–Crippen LogP) is 2.02. The van der Waals surface area contributed by atoms with Crippen LogP contribution in [0, 0.1) is 0 Å². The van der Waals surface area contributed by atoms with Crippen molar-refractivity contribution < 1.29 is 31.2 Å². The standard InChI is InChI=1S/C14H16F3N3O4S2/c15-14(16,17)9-18-26(23,24)11-3-1-10(2-4-11)19-12(21)5-6-20-7-8-25-13(20)22/h1-4,18H,5-9H2,(H,19,21). The molecule has 1 saturated heterocycles. The highest BCUT2D eigenvalue weighted by Gasteiger charge is 2.30. The Hall–Kier alpha value is -1.79. The van der Waals surface area contributed by atoms with E-state index in [1.54, 1.807) is 4.90 Å². The van der Waals surface area contributed by atoms with Gasteiger partial charge in [-0.15, -0.1) is 0 Å². The third-order valence-electron chi connectivity index (χ3n) is 3.36. The average molecular weight is 411 g/mol. The van der Waals surface area contributed by atoms with E-state index in [-0.39, 0.29) is 29.0 Å². The van der Waals surface area contributed by atoms with Crippen molar-refractivity contribution in [1.29, 1.82) is 0 Å². The minimum absolute atomic E-state index is 0.0706. The molecule has 12 heteroatoms. The molecule has 144 valence electrons. The van der Waals surface area contributed by atoms with Gasteiger partial charge in [-0.05, 0) is 24.3 Å². The van der Waals surface area contributed by atoms with E-state index in [0.29, 0.717) is 18.0 Å². The summed E-state index contributed by atoms with van der Waals surface area (Å²) in [6.07, 6.45) is -4.57. The molecule has 1 aromatic carbocycles. The summed E-state index contributed by atoms with van der Waals surface area (Å²) in [7, 11) is -4.30. The van der Waals surface area contributed by atoms with E-state index in [1.165, 1.54) is 28.6 Å². The lowest BCUT2D eigenvalue weighted by Crippen LogP contribution is -2.33. The Morgan fingerprint density at radius 2 is 1.88 bits per heavy atom. The number of halogens is 3.